The van der Waals surface area contributed by atoms with E-state index in [1.165, 1.54) is 87.9 Å². The Morgan fingerprint density at radius 3 is 1.58 bits per heavy atom. The van der Waals surface area contributed by atoms with Crippen molar-refractivity contribution in [3.8, 4) is 56.6 Å². The van der Waals surface area contributed by atoms with E-state index in [1.54, 1.807) is 0 Å². The normalized spacial score (nSPS) is 12.8. The Morgan fingerprint density at radius 2 is 0.947 bits per heavy atom. The second-order valence-electron chi connectivity index (χ2n) is 16.2. The van der Waals surface area contributed by atoms with Crippen LogP contribution in [0.15, 0.2) is 133 Å². The molecule has 5 heterocycles. The van der Waals surface area contributed by atoms with Gasteiger partial charge < -0.3 is 23.6 Å². The Balaban J connectivity index is 1.06. The number of ether oxygens (including phenoxy) is 2. The first-order valence-corrected chi connectivity index (χ1v) is 19.7. The van der Waals surface area contributed by atoms with Crippen LogP contribution >= 0.6 is 0 Å². The number of aromatic nitrogens is 3. The zero-order valence-electron chi connectivity index (χ0n) is 31.9. The standard InChI is InChI=1S/C52H35N3O2/c1-27-9-13-44-46(19-27)56-48-21-29(3)17-39-36-23-31(11-15-42(36)54(44)51(39)48)33-25-35(50-38(26-33)34-7-5-6-8-41(34)53-50)32-12-16-43-37(24-32)40-18-30(4)22-49-52(40)55(43)45-14-10-28(2)20-47(45)57-49/h5-26,53H,1-4H3. The second kappa shape index (κ2) is 10.7. The molecule has 0 bridgehead atoms. The van der Waals surface area contributed by atoms with Gasteiger partial charge in [0.05, 0.1) is 39.0 Å². The van der Waals surface area contributed by atoms with Crippen molar-refractivity contribution in [3.05, 3.63) is 156 Å². The first kappa shape index (κ1) is 31.0. The molecule has 0 aliphatic carbocycles. The smallest absolute Gasteiger partial charge is 0.152 e. The minimum Gasteiger partial charge on any atom is -0.453 e. The van der Waals surface area contributed by atoms with Gasteiger partial charge >= 0.3 is 0 Å². The predicted octanol–water partition coefficient (Wildman–Crippen LogP) is 14.3. The second-order valence-corrected chi connectivity index (χ2v) is 16.2. The molecule has 0 spiro atoms. The fraction of sp³-hybridized carbons (Fsp3) is 0.0769. The first-order chi connectivity index (χ1) is 27.8. The van der Waals surface area contributed by atoms with E-state index in [1.807, 2.05) is 0 Å². The van der Waals surface area contributed by atoms with Crippen LogP contribution in [0, 0.1) is 27.7 Å². The molecule has 0 fully saturated rings. The van der Waals surface area contributed by atoms with Gasteiger partial charge in [-0.1, -0.05) is 42.5 Å². The molecule has 1 N–H and O–H groups in total. The highest BCUT2D eigenvalue weighted by Crippen LogP contribution is 2.49. The zero-order chi connectivity index (χ0) is 37.8. The molecule has 0 unspecified atom stereocenters. The number of benzene rings is 8. The lowest BCUT2D eigenvalue weighted by Crippen LogP contribution is -2.04. The molecule has 0 saturated heterocycles. The van der Waals surface area contributed by atoms with Gasteiger partial charge in [-0.05, 0) is 158 Å². The van der Waals surface area contributed by atoms with Crippen molar-refractivity contribution >= 4 is 65.4 Å². The molecule has 2 aliphatic heterocycles. The van der Waals surface area contributed by atoms with Gasteiger partial charge in [0.15, 0.2) is 23.0 Å². The third kappa shape index (κ3) is 4.18. The number of rotatable bonds is 2. The molecule has 57 heavy (non-hydrogen) atoms. The molecule has 0 atom stereocenters. The first-order valence-electron chi connectivity index (χ1n) is 19.7. The highest BCUT2D eigenvalue weighted by molar-refractivity contribution is 6.18. The summed E-state index contributed by atoms with van der Waals surface area (Å²) in [6.45, 7) is 8.54. The number of aryl methyl sites for hydroxylation is 4. The van der Waals surface area contributed by atoms with Crippen molar-refractivity contribution in [2.24, 2.45) is 0 Å². The lowest BCUT2D eigenvalue weighted by atomic mass is 9.94. The SMILES string of the molecule is Cc1ccc2c(c1)Oc1cc(C)cc3c4cc(-c5cc(-c6ccc7c(c6)c6cc(C)cc8c6n7-c6ccc(C)cc6O8)c6[nH]c7ccccc7c6c5)ccc4n-2c13. The van der Waals surface area contributed by atoms with Gasteiger partial charge in [-0.25, -0.2) is 0 Å². The van der Waals surface area contributed by atoms with Crippen molar-refractivity contribution < 1.29 is 9.47 Å². The fourth-order valence-electron chi connectivity index (χ4n) is 9.86. The maximum atomic E-state index is 6.58. The van der Waals surface area contributed by atoms with E-state index in [9.17, 15) is 0 Å². The van der Waals surface area contributed by atoms with Crippen molar-refractivity contribution in [3.63, 3.8) is 0 Å². The molecule has 2 aliphatic rings. The van der Waals surface area contributed by atoms with Gasteiger partial charge in [0.2, 0.25) is 0 Å². The van der Waals surface area contributed by atoms with Crippen molar-refractivity contribution in [1.29, 1.82) is 0 Å². The van der Waals surface area contributed by atoms with Crippen LogP contribution < -0.4 is 9.47 Å². The summed E-state index contributed by atoms with van der Waals surface area (Å²) in [5.41, 5.74) is 18.4. The van der Waals surface area contributed by atoms with Crippen LogP contribution in [-0.4, -0.2) is 14.1 Å². The number of H-pyrrole nitrogens is 1. The summed E-state index contributed by atoms with van der Waals surface area (Å²) in [6.07, 6.45) is 0. The topological polar surface area (TPSA) is 44.1 Å². The number of hydrogen-bond donors (Lipinski definition) is 1. The third-order valence-corrected chi connectivity index (χ3v) is 12.4. The number of hydrogen-bond acceptors (Lipinski definition) is 2. The van der Waals surface area contributed by atoms with Gasteiger partial charge in [-0.3, -0.25) is 0 Å². The molecular formula is C52H35N3O2. The summed E-state index contributed by atoms with van der Waals surface area (Å²) >= 11 is 0. The number of para-hydroxylation sites is 1. The Labute approximate surface area is 327 Å². The number of fused-ring (bicyclic) bond motifs is 13. The summed E-state index contributed by atoms with van der Waals surface area (Å²) in [5, 5.41) is 7.26. The molecule has 11 aromatic rings. The van der Waals surface area contributed by atoms with Gasteiger partial charge in [-0.2, -0.15) is 0 Å². The largest absolute Gasteiger partial charge is 0.453 e. The van der Waals surface area contributed by atoms with Gasteiger partial charge in [0, 0.05) is 43.4 Å². The highest BCUT2D eigenvalue weighted by Gasteiger charge is 2.27. The van der Waals surface area contributed by atoms with E-state index in [4.69, 9.17) is 9.47 Å². The third-order valence-electron chi connectivity index (χ3n) is 12.4. The number of nitrogens with zero attached hydrogens (tertiary/aromatic N) is 2. The van der Waals surface area contributed by atoms with Gasteiger partial charge in [-0.15, -0.1) is 0 Å². The highest BCUT2D eigenvalue weighted by atomic mass is 16.5. The van der Waals surface area contributed by atoms with Crippen LogP contribution in [0.1, 0.15) is 22.3 Å². The summed E-state index contributed by atoms with van der Waals surface area (Å²) < 4.78 is 17.9. The van der Waals surface area contributed by atoms with E-state index in [0.717, 1.165) is 56.4 Å². The maximum Gasteiger partial charge on any atom is 0.152 e. The Morgan fingerprint density at radius 1 is 0.404 bits per heavy atom. The lowest BCUT2D eigenvalue weighted by molar-refractivity contribution is 0.475. The fourth-order valence-corrected chi connectivity index (χ4v) is 9.86. The van der Waals surface area contributed by atoms with E-state index < -0.39 is 0 Å². The minimum absolute atomic E-state index is 0.892. The molecule has 0 saturated carbocycles. The Kier molecular flexibility index (Phi) is 5.84. The average molecular weight is 734 g/mol. The molecule has 8 aromatic carbocycles. The average Bonchev–Trinajstić information content (AvgIpc) is 3.86. The van der Waals surface area contributed by atoms with E-state index in [0.29, 0.717) is 0 Å². The predicted molar refractivity (Wildman–Crippen MR) is 234 cm³/mol. The number of nitrogens with one attached hydrogen (secondary N) is 1. The molecule has 5 nitrogen and oxygen atoms in total. The van der Waals surface area contributed by atoms with Gasteiger partial charge in [0.1, 0.15) is 0 Å². The van der Waals surface area contributed by atoms with Crippen molar-refractivity contribution in [2.75, 3.05) is 0 Å². The summed E-state index contributed by atoms with van der Waals surface area (Å²) in [4.78, 5) is 3.83. The summed E-state index contributed by atoms with van der Waals surface area (Å²) in [6, 6.07) is 49.3. The Bertz CT molecular complexity index is 3630. The van der Waals surface area contributed by atoms with Crippen LogP contribution in [0.3, 0.4) is 0 Å². The van der Waals surface area contributed by atoms with Gasteiger partial charge in [0.25, 0.3) is 0 Å². The summed E-state index contributed by atoms with van der Waals surface area (Å²) in [7, 11) is 0. The molecule has 5 heteroatoms. The van der Waals surface area contributed by atoms with Crippen molar-refractivity contribution in [2.45, 2.75) is 27.7 Å². The molecule has 3 aromatic heterocycles. The molecular weight excluding hydrogens is 699 g/mol. The maximum absolute atomic E-state index is 6.58. The van der Waals surface area contributed by atoms with Crippen LogP contribution in [0.5, 0.6) is 23.0 Å². The monoisotopic (exact) mass is 733 g/mol. The van der Waals surface area contributed by atoms with Crippen LogP contribution in [0.2, 0.25) is 0 Å². The summed E-state index contributed by atoms with van der Waals surface area (Å²) in [5.74, 6) is 3.59. The molecule has 13 rings (SSSR count). The van der Waals surface area contributed by atoms with E-state index in [2.05, 4.69) is 175 Å². The quantitative estimate of drug-likeness (QED) is 0.192. The van der Waals surface area contributed by atoms with Crippen LogP contribution in [-0.2, 0) is 0 Å². The molecule has 0 amide bonds. The van der Waals surface area contributed by atoms with Crippen molar-refractivity contribution in [1.82, 2.24) is 14.1 Å². The van der Waals surface area contributed by atoms with E-state index in [-0.39, 0.29) is 0 Å². The lowest BCUT2D eigenvalue weighted by Gasteiger charge is -2.21. The van der Waals surface area contributed by atoms with Crippen LogP contribution in [0.25, 0.3) is 99.0 Å². The zero-order valence-corrected chi connectivity index (χ0v) is 31.9. The van der Waals surface area contributed by atoms with E-state index >= 15 is 0 Å². The number of aromatic amines is 1. The molecule has 0 radical (unpaired) electrons. The molecule has 270 valence electrons. The van der Waals surface area contributed by atoms with Crippen LogP contribution in [0.4, 0.5) is 0 Å². The minimum atomic E-state index is 0.892. The Hall–Kier alpha value is -7.24.